The Bertz CT molecular complexity index is 351. The van der Waals surface area contributed by atoms with Gasteiger partial charge in [-0.3, -0.25) is 0 Å². The van der Waals surface area contributed by atoms with Crippen LogP contribution in [-0.4, -0.2) is 36.8 Å². The van der Waals surface area contributed by atoms with Crippen molar-refractivity contribution in [3.8, 4) is 0 Å². The molecule has 4 nitrogen and oxygen atoms in total. The van der Waals surface area contributed by atoms with Gasteiger partial charge in [0.25, 0.3) is 0 Å². The third-order valence-electron chi connectivity index (χ3n) is 4.32. The molecular weight excluding hydrogens is 428 g/mol. The average Bonchev–Trinajstić information content (AvgIpc) is 2.67. The predicted octanol–water partition coefficient (Wildman–Crippen LogP) is 8.56. The van der Waals surface area contributed by atoms with Crippen molar-refractivity contribution >= 4 is 0 Å². The molecule has 0 aliphatic rings. The normalized spacial score (nSPS) is 12.0. The van der Waals surface area contributed by atoms with E-state index in [9.17, 15) is 0 Å². The molecule has 0 fully saturated rings. The molecule has 0 amide bonds. The summed E-state index contributed by atoms with van der Waals surface area (Å²) in [6.45, 7) is 27.0. The van der Waals surface area contributed by atoms with E-state index in [-0.39, 0.29) is 11.1 Å². The summed E-state index contributed by atoms with van der Waals surface area (Å²) in [7, 11) is 0. The van der Waals surface area contributed by atoms with E-state index in [1.165, 1.54) is 25.7 Å². The summed E-state index contributed by atoms with van der Waals surface area (Å²) >= 11 is -0.492. The standard InChI is InChI=1S/C7H16N.C6H14N.2C5H11N.Mo/c1-4-6-8-7(3)5-2;1-3-5-7-6-4-2;2*1-4-5(2,3)6;/h7H,4-6H2,1-3H3;3-6H2,1-2H3;2*4H2,1-3H3;/q2*-1;;;+2. The molecule has 0 aromatic heterocycles. The third-order valence-corrected chi connectivity index (χ3v) is 7.16. The monoisotopic (exact) mass is 482 g/mol. The molecule has 1 unspecified atom stereocenters. The molecule has 0 heterocycles. The second kappa shape index (κ2) is 21.9. The Hall–Kier alpha value is 0.208. The van der Waals surface area contributed by atoms with Gasteiger partial charge in [0, 0.05) is 0 Å². The van der Waals surface area contributed by atoms with E-state index in [0.29, 0.717) is 6.04 Å². The van der Waals surface area contributed by atoms with Crippen molar-refractivity contribution in [2.45, 2.75) is 132 Å². The molecule has 0 radical (unpaired) electrons. The average molecular weight is 481 g/mol. The van der Waals surface area contributed by atoms with Crippen LogP contribution in [0.5, 0.6) is 0 Å². The van der Waals surface area contributed by atoms with Crippen LogP contribution in [0.15, 0.2) is 6.99 Å². The second-order valence-electron chi connectivity index (χ2n) is 8.43. The van der Waals surface area contributed by atoms with E-state index in [4.69, 9.17) is 0 Å². The van der Waals surface area contributed by atoms with Gasteiger partial charge in [0.1, 0.15) is 0 Å². The van der Waals surface area contributed by atoms with Gasteiger partial charge in [-0.2, -0.15) is 0 Å². The fourth-order valence-corrected chi connectivity index (χ4v) is 3.10. The minimum absolute atomic E-state index is 0.148. The maximum atomic E-state index is 4.67. The van der Waals surface area contributed by atoms with Crippen LogP contribution in [0.4, 0.5) is 0 Å². The SMILES string of the molecule is CCC(C)(C)[N]=[Mo+2]=[N]C(C)(C)CC.CCC[N-]C(C)CC.CCC[N-]CCC. The van der Waals surface area contributed by atoms with Gasteiger partial charge in [-0.05, 0) is 0 Å². The Kier molecular flexibility index (Phi) is 25.7. The molecule has 0 aromatic rings. The smallest absolute Gasteiger partial charge is 0.0668 e. The van der Waals surface area contributed by atoms with Crippen LogP contribution in [0.25, 0.3) is 10.6 Å². The van der Waals surface area contributed by atoms with Crippen molar-refractivity contribution in [3.05, 3.63) is 10.6 Å². The summed E-state index contributed by atoms with van der Waals surface area (Å²) in [6.07, 6.45) is 6.98. The summed E-state index contributed by atoms with van der Waals surface area (Å²) in [5.41, 5.74) is 0.297. The molecular formula is C23H52MoN4. The molecule has 170 valence electrons. The zero-order valence-electron chi connectivity index (χ0n) is 21.1. The van der Waals surface area contributed by atoms with E-state index in [1.54, 1.807) is 0 Å². The van der Waals surface area contributed by atoms with Crippen LogP contribution in [0, 0.1) is 0 Å². The van der Waals surface area contributed by atoms with Gasteiger partial charge < -0.3 is 10.6 Å². The van der Waals surface area contributed by atoms with Crippen LogP contribution >= 0.6 is 0 Å². The molecule has 28 heavy (non-hydrogen) atoms. The maximum absolute atomic E-state index is 4.67. The first-order valence-electron chi connectivity index (χ1n) is 11.5. The topological polar surface area (TPSA) is 52.9 Å². The molecule has 0 aliphatic carbocycles. The molecule has 0 aromatic carbocycles. The van der Waals surface area contributed by atoms with Crippen molar-refractivity contribution < 1.29 is 18.2 Å². The molecule has 0 rings (SSSR count). The largest absolute Gasteiger partial charge is 0.662 e. The Morgan fingerprint density at radius 1 is 0.714 bits per heavy atom. The van der Waals surface area contributed by atoms with E-state index in [2.05, 4.69) is 93.8 Å². The van der Waals surface area contributed by atoms with Crippen molar-refractivity contribution in [1.82, 2.24) is 0 Å². The first-order valence-corrected chi connectivity index (χ1v) is 13.2. The third kappa shape index (κ3) is 28.4. The van der Waals surface area contributed by atoms with Crippen molar-refractivity contribution in [2.24, 2.45) is 6.99 Å². The Balaban J connectivity index is -0.000000359. The van der Waals surface area contributed by atoms with Gasteiger partial charge in [-0.15, -0.1) is 25.7 Å². The number of rotatable bonds is 12. The summed E-state index contributed by atoms with van der Waals surface area (Å²) < 4.78 is 9.34. The fourth-order valence-electron chi connectivity index (χ4n) is 1.28. The fraction of sp³-hybridized carbons (Fsp3) is 1.00. The summed E-state index contributed by atoms with van der Waals surface area (Å²) in [5, 5.41) is 8.57. The molecule has 0 saturated carbocycles. The molecule has 0 bridgehead atoms. The maximum Gasteiger partial charge on any atom is -0.0668 e. The number of hydrogen-bond donors (Lipinski definition) is 0. The van der Waals surface area contributed by atoms with Crippen LogP contribution in [0.3, 0.4) is 0 Å². The van der Waals surface area contributed by atoms with E-state index >= 15 is 0 Å². The Morgan fingerprint density at radius 2 is 1.11 bits per heavy atom. The molecule has 1 atom stereocenters. The minimum Gasteiger partial charge on any atom is -0.662 e. The minimum atomic E-state index is -0.492. The summed E-state index contributed by atoms with van der Waals surface area (Å²) in [5.74, 6) is 0. The quantitative estimate of drug-likeness (QED) is 0.198. The van der Waals surface area contributed by atoms with Crippen molar-refractivity contribution in [3.63, 3.8) is 0 Å². The van der Waals surface area contributed by atoms with Crippen LogP contribution < -0.4 is 0 Å². The van der Waals surface area contributed by atoms with Gasteiger partial charge in [-0.1, -0.05) is 60.3 Å². The van der Waals surface area contributed by atoms with Crippen molar-refractivity contribution in [1.29, 1.82) is 0 Å². The molecule has 0 N–H and O–H groups in total. The first-order chi connectivity index (χ1) is 13.1. The molecule has 5 heteroatoms. The molecule has 0 spiro atoms. The number of hydrogen-bond acceptors (Lipinski definition) is 2. The molecule has 0 saturated heterocycles. The zero-order valence-corrected chi connectivity index (χ0v) is 23.1. The summed E-state index contributed by atoms with van der Waals surface area (Å²) in [4.78, 5) is 0. The van der Waals surface area contributed by atoms with Gasteiger partial charge in [-0.25, -0.2) is 0 Å². The Morgan fingerprint density at radius 3 is 1.39 bits per heavy atom. The number of nitrogens with zero attached hydrogens (tertiary/aromatic N) is 4. The van der Waals surface area contributed by atoms with Crippen LogP contribution in [0.1, 0.15) is 115 Å². The van der Waals surface area contributed by atoms with E-state index < -0.39 is 18.2 Å². The zero-order chi connectivity index (χ0) is 22.5. The second-order valence-corrected chi connectivity index (χ2v) is 9.73. The van der Waals surface area contributed by atoms with Gasteiger partial charge in [0.2, 0.25) is 0 Å². The first kappa shape index (κ1) is 32.9. The molecule has 0 aliphatic heterocycles. The Labute approximate surface area is 187 Å². The van der Waals surface area contributed by atoms with Gasteiger partial charge in [0.05, 0.1) is 0 Å². The van der Waals surface area contributed by atoms with E-state index in [1.807, 2.05) is 0 Å². The van der Waals surface area contributed by atoms with Crippen LogP contribution in [0.2, 0.25) is 0 Å². The van der Waals surface area contributed by atoms with Crippen molar-refractivity contribution in [2.75, 3.05) is 19.6 Å². The predicted molar refractivity (Wildman–Crippen MR) is 126 cm³/mol. The summed E-state index contributed by atoms with van der Waals surface area (Å²) in [6, 6.07) is 0.579. The van der Waals surface area contributed by atoms with Crippen LogP contribution in [-0.2, 0) is 18.2 Å². The van der Waals surface area contributed by atoms with Gasteiger partial charge >= 0.3 is 90.7 Å². The van der Waals surface area contributed by atoms with Gasteiger partial charge in [0.15, 0.2) is 0 Å². The van der Waals surface area contributed by atoms with E-state index in [0.717, 1.165) is 32.5 Å².